The number of nitrogens with two attached hydrogens (primary N) is 1. The number of hydrogen-bond acceptors (Lipinski definition) is 3. The highest BCUT2D eigenvalue weighted by Gasteiger charge is 2.22. The van der Waals surface area contributed by atoms with E-state index in [1.165, 1.54) is 0 Å². The maximum atomic E-state index is 12.1. The van der Waals surface area contributed by atoms with Crippen LogP contribution in [0.2, 0.25) is 10.0 Å². The van der Waals surface area contributed by atoms with Crippen molar-refractivity contribution in [2.24, 2.45) is 5.73 Å². The van der Waals surface area contributed by atoms with Crippen molar-refractivity contribution in [1.29, 1.82) is 0 Å². The van der Waals surface area contributed by atoms with E-state index in [0.29, 0.717) is 22.3 Å². The molecule has 4 nitrogen and oxygen atoms in total. The highest BCUT2D eigenvalue weighted by molar-refractivity contribution is 6.34. The first kappa shape index (κ1) is 19.3. The molecule has 0 fully saturated rings. The summed E-state index contributed by atoms with van der Waals surface area (Å²) < 4.78 is 5.55. The minimum absolute atomic E-state index is 0. The molecule has 2 atom stereocenters. The third-order valence-electron chi connectivity index (χ3n) is 2.85. The minimum atomic E-state index is -0.631. The number of rotatable bonds is 5. The minimum Gasteiger partial charge on any atom is -0.481 e. The highest BCUT2D eigenvalue weighted by Crippen LogP contribution is 2.25. The molecule has 1 rings (SSSR count). The lowest BCUT2D eigenvalue weighted by Gasteiger charge is -2.27. The molecule has 2 N–H and O–H groups in total. The molecule has 1 amide bonds. The van der Waals surface area contributed by atoms with Gasteiger partial charge in [-0.2, -0.15) is 0 Å². The normalized spacial score (nSPS) is 13.1. The summed E-state index contributed by atoms with van der Waals surface area (Å²) in [6.45, 7) is 3.95. The molecular formula is C13H19Cl3N2O2. The van der Waals surface area contributed by atoms with E-state index in [1.807, 2.05) is 6.92 Å². The van der Waals surface area contributed by atoms with E-state index in [1.54, 1.807) is 37.1 Å². The van der Waals surface area contributed by atoms with Crippen molar-refractivity contribution in [2.75, 3.05) is 13.6 Å². The fourth-order valence-electron chi connectivity index (χ4n) is 1.51. The standard InChI is InChI=1S/C13H18Cl2N2O2.ClH/c1-8(7-16)17(3)13(18)9(2)19-12-5-10(14)4-11(15)6-12;/h4-6,8-9H,7,16H2,1-3H3;1H. The van der Waals surface area contributed by atoms with E-state index in [0.717, 1.165) is 0 Å². The Hall–Kier alpha value is -0.680. The molecule has 2 unspecified atom stereocenters. The number of carbonyl (C=O) groups excluding carboxylic acids is 1. The Bertz CT molecular complexity index is 437. The quantitative estimate of drug-likeness (QED) is 0.895. The van der Waals surface area contributed by atoms with Crippen LogP contribution in [-0.4, -0.2) is 36.5 Å². The van der Waals surface area contributed by atoms with Crippen LogP contribution in [-0.2, 0) is 4.79 Å². The molecule has 20 heavy (non-hydrogen) atoms. The number of hydrogen-bond donors (Lipinski definition) is 1. The van der Waals surface area contributed by atoms with E-state index in [4.69, 9.17) is 33.7 Å². The zero-order chi connectivity index (χ0) is 14.6. The summed E-state index contributed by atoms with van der Waals surface area (Å²) in [5, 5.41) is 0.927. The summed E-state index contributed by atoms with van der Waals surface area (Å²) >= 11 is 11.7. The van der Waals surface area contributed by atoms with Gasteiger partial charge in [0.05, 0.1) is 0 Å². The van der Waals surface area contributed by atoms with Crippen molar-refractivity contribution in [1.82, 2.24) is 4.90 Å². The molecule has 0 aliphatic rings. The smallest absolute Gasteiger partial charge is 0.263 e. The van der Waals surface area contributed by atoms with Crippen molar-refractivity contribution >= 4 is 41.5 Å². The van der Waals surface area contributed by atoms with E-state index >= 15 is 0 Å². The average Bonchev–Trinajstić information content (AvgIpc) is 2.34. The van der Waals surface area contributed by atoms with Gasteiger partial charge in [-0.3, -0.25) is 4.79 Å². The van der Waals surface area contributed by atoms with Gasteiger partial charge in [-0.15, -0.1) is 12.4 Å². The van der Waals surface area contributed by atoms with Crippen LogP contribution < -0.4 is 10.5 Å². The number of ether oxygens (including phenoxy) is 1. The number of benzene rings is 1. The first-order valence-electron chi connectivity index (χ1n) is 5.94. The lowest BCUT2D eigenvalue weighted by Crippen LogP contribution is -2.45. The maximum absolute atomic E-state index is 12.1. The number of carbonyl (C=O) groups is 1. The molecule has 114 valence electrons. The van der Waals surface area contributed by atoms with E-state index in [9.17, 15) is 4.79 Å². The van der Waals surface area contributed by atoms with Gasteiger partial charge in [0.2, 0.25) is 0 Å². The second-order valence-electron chi connectivity index (χ2n) is 4.40. The fraction of sp³-hybridized carbons (Fsp3) is 0.462. The van der Waals surface area contributed by atoms with Crippen LogP contribution in [0.4, 0.5) is 0 Å². The molecule has 0 saturated heterocycles. The van der Waals surface area contributed by atoms with Crippen molar-refractivity contribution in [2.45, 2.75) is 26.0 Å². The zero-order valence-corrected chi connectivity index (χ0v) is 13.9. The van der Waals surface area contributed by atoms with Crippen LogP contribution in [0.1, 0.15) is 13.8 Å². The first-order chi connectivity index (χ1) is 8.85. The molecular weight excluding hydrogens is 323 g/mol. The van der Waals surface area contributed by atoms with Crippen molar-refractivity contribution in [3.8, 4) is 5.75 Å². The van der Waals surface area contributed by atoms with Crippen molar-refractivity contribution in [3.63, 3.8) is 0 Å². The highest BCUT2D eigenvalue weighted by atomic mass is 35.5. The Balaban J connectivity index is 0.00000361. The lowest BCUT2D eigenvalue weighted by atomic mass is 10.2. The molecule has 1 aromatic rings. The molecule has 7 heteroatoms. The number of nitrogens with zero attached hydrogens (tertiary/aromatic N) is 1. The average molecular weight is 342 g/mol. The summed E-state index contributed by atoms with van der Waals surface area (Å²) in [5.41, 5.74) is 5.53. The summed E-state index contributed by atoms with van der Waals surface area (Å²) in [6, 6.07) is 4.79. The molecule has 0 aromatic heterocycles. The molecule has 0 aliphatic carbocycles. The van der Waals surface area contributed by atoms with Crippen molar-refractivity contribution in [3.05, 3.63) is 28.2 Å². The molecule has 0 heterocycles. The second kappa shape index (κ2) is 8.57. The summed E-state index contributed by atoms with van der Waals surface area (Å²) in [4.78, 5) is 13.7. The van der Waals surface area contributed by atoms with E-state index in [2.05, 4.69) is 0 Å². The number of halogens is 3. The fourth-order valence-corrected chi connectivity index (χ4v) is 2.02. The van der Waals surface area contributed by atoms with Crippen LogP contribution in [0.3, 0.4) is 0 Å². The van der Waals surface area contributed by atoms with Crippen LogP contribution in [0.25, 0.3) is 0 Å². The lowest BCUT2D eigenvalue weighted by molar-refractivity contribution is -0.138. The van der Waals surface area contributed by atoms with E-state index < -0.39 is 6.10 Å². The Labute approximate surface area is 135 Å². The van der Waals surface area contributed by atoms with Crippen molar-refractivity contribution < 1.29 is 9.53 Å². The van der Waals surface area contributed by atoms with Crippen LogP contribution >= 0.6 is 35.6 Å². The third-order valence-corrected chi connectivity index (χ3v) is 3.28. The summed E-state index contributed by atoms with van der Waals surface area (Å²) in [7, 11) is 1.70. The molecule has 0 aliphatic heterocycles. The van der Waals surface area contributed by atoms with Crippen LogP contribution in [0.15, 0.2) is 18.2 Å². The third kappa shape index (κ3) is 5.37. The molecule has 0 spiro atoms. The molecule has 0 radical (unpaired) electrons. The van der Waals surface area contributed by atoms with Gasteiger partial charge >= 0.3 is 0 Å². The zero-order valence-electron chi connectivity index (χ0n) is 11.6. The predicted octanol–water partition coefficient (Wildman–Crippen LogP) is 2.99. The van der Waals surface area contributed by atoms with Gasteiger partial charge < -0.3 is 15.4 Å². The monoisotopic (exact) mass is 340 g/mol. The second-order valence-corrected chi connectivity index (χ2v) is 5.27. The van der Waals surface area contributed by atoms with Gasteiger partial charge in [-0.25, -0.2) is 0 Å². The Kier molecular flexibility index (Phi) is 8.28. The van der Waals surface area contributed by atoms with Gasteiger partial charge in [0.1, 0.15) is 5.75 Å². The van der Waals surface area contributed by atoms with Gasteiger partial charge in [0.25, 0.3) is 5.91 Å². The van der Waals surface area contributed by atoms with Gasteiger partial charge in [0, 0.05) is 29.7 Å². The topological polar surface area (TPSA) is 55.6 Å². The molecule has 0 saturated carbocycles. The van der Waals surface area contributed by atoms with Gasteiger partial charge in [-0.1, -0.05) is 23.2 Å². The predicted molar refractivity (Wildman–Crippen MR) is 85.1 cm³/mol. The Morgan fingerprint density at radius 3 is 2.25 bits per heavy atom. The van der Waals surface area contributed by atoms with Crippen LogP contribution in [0.5, 0.6) is 5.75 Å². The van der Waals surface area contributed by atoms with E-state index in [-0.39, 0.29) is 24.4 Å². The maximum Gasteiger partial charge on any atom is 0.263 e. The first-order valence-corrected chi connectivity index (χ1v) is 6.70. The summed E-state index contributed by atoms with van der Waals surface area (Å²) in [5.74, 6) is 0.321. The SMILES string of the molecule is CC(Oc1cc(Cl)cc(Cl)c1)C(=O)N(C)C(C)CN.Cl. The van der Waals surface area contributed by atoms with Crippen LogP contribution in [0, 0.1) is 0 Å². The van der Waals surface area contributed by atoms with Gasteiger partial charge in [0.15, 0.2) is 6.10 Å². The number of amides is 1. The van der Waals surface area contributed by atoms with Gasteiger partial charge in [-0.05, 0) is 32.0 Å². The Morgan fingerprint density at radius 1 is 1.30 bits per heavy atom. The molecule has 0 bridgehead atoms. The summed E-state index contributed by atoms with van der Waals surface area (Å²) in [6.07, 6.45) is -0.631. The number of likely N-dealkylation sites (N-methyl/N-ethyl adjacent to an activating group) is 1. The Morgan fingerprint density at radius 2 is 1.80 bits per heavy atom. The molecule has 1 aromatic carbocycles. The largest absolute Gasteiger partial charge is 0.481 e.